The largest absolute Gasteiger partial charge is 0.476 e. The molecule has 2 heterocycles. The van der Waals surface area contributed by atoms with Crippen molar-refractivity contribution in [2.24, 2.45) is 5.92 Å². The van der Waals surface area contributed by atoms with Crippen molar-refractivity contribution in [3.63, 3.8) is 0 Å². The molecule has 0 aromatic carbocycles. The molecule has 0 radical (unpaired) electrons. The summed E-state index contributed by atoms with van der Waals surface area (Å²) in [5.41, 5.74) is 2.05. The van der Waals surface area contributed by atoms with Gasteiger partial charge in [-0.15, -0.1) is 5.10 Å². The van der Waals surface area contributed by atoms with Gasteiger partial charge in [-0.05, 0) is 41.1 Å². The minimum atomic E-state index is -1.00. The molecule has 0 fully saturated rings. The molecule has 0 atom stereocenters. The maximum Gasteiger partial charge on any atom is 0.358 e. The van der Waals surface area contributed by atoms with Crippen molar-refractivity contribution in [3.8, 4) is 0 Å². The number of nitrogens with zero attached hydrogens (tertiary/aromatic N) is 3. The monoisotopic (exact) mass is 279 g/mol. The van der Waals surface area contributed by atoms with Gasteiger partial charge in [-0.1, -0.05) is 19.1 Å². The molecule has 102 valence electrons. The van der Waals surface area contributed by atoms with E-state index >= 15 is 0 Å². The molecule has 6 heteroatoms. The van der Waals surface area contributed by atoms with Gasteiger partial charge in [-0.3, -0.25) is 0 Å². The van der Waals surface area contributed by atoms with E-state index in [9.17, 15) is 4.79 Å². The van der Waals surface area contributed by atoms with Crippen molar-refractivity contribution < 1.29 is 9.90 Å². The molecule has 19 heavy (non-hydrogen) atoms. The Morgan fingerprint density at radius 2 is 2.32 bits per heavy atom. The summed E-state index contributed by atoms with van der Waals surface area (Å²) in [5.74, 6) is -0.631. The number of hydrogen-bond donors (Lipinski definition) is 1. The van der Waals surface area contributed by atoms with Gasteiger partial charge in [0.2, 0.25) is 0 Å². The molecule has 0 aliphatic carbocycles. The molecule has 5 nitrogen and oxygen atoms in total. The highest BCUT2D eigenvalue weighted by Gasteiger charge is 2.19. The van der Waals surface area contributed by atoms with Gasteiger partial charge in [0.25, 0.3) is 0 Å². The maximum absolute atomic E-state index is 11.1. The Balaban J connectivity index is 2.17. The molecule has 2 aromatic heterocycles. The lowest BCUT2D eigenvalue weighted by molar-refractivity contribution is 0.0689. The minimum absolute atomic E-state index is 0.0824. The standard InChI is InChI=1S/C13H17N3O2S/c1-9(2)7-11-12(13(17)18)14-15-16(11)5-3-10-4-6-19-8-10/h4,6,8-9H,3,5,7H2,1-2H3,(H,17,18). The van der Waals surface area contributed by atoms with Gasteiger partial charge >= 0.3 is 5.97 Å². The summed E-state index contributed by atoms with van der Waals surface area (Å²) in [4.78, 5) is 11.1. The Morgan fingerprint density at radius 1 is 1.53 bits per heavy atom. The first-order valence-electron chi connectivity index (χ1n) is 6.24. The number of hydrogen-bond acceptors (Lipinski definition) is 4. The summed E-state index contributed by atoms with van der Waals surface area (Å²) in [6, 6.07) is 2.07. The summed E-state index contributed by atoms with van der Waals surface area (Å²) in [6.07, 6.45) is 1.52. The fourth-order valence-electron chi connectivity index (χ4n) is 1.94. The van der Waals surface area contributed by atoms with Crippen LogP contribution < -0.4 is 0 Å². The third-order valence-corrected chi connectivity index (χ3v) is 3.57. The average molecular weight is 279 g/mol. The summed E-state index contributed by atoms with van der Waals surface area (Å²) >= 11 is 1.66. The van der Waals surface area contributed by atoms with E-state index in [1.54, 1.807) is 16.0 Å². The van der Waals surface area contributed by atoms with E-state index in [0.29, 0.717) is 18.9 Å². The first kappa shape index (κ1) is 13.7. The summed E-state index contributed by atoms with van der Waals surface area (Å²) in [7, 11) is 0. The van der Waals surface area contributed by atoms with Crippen LogP contribution in [0.5, 0.6) is 0 Å². The number of aromatic nitrogens is 3. The fraction of sp³-hybridized carbons (Fsp3) is 0.462. The number of aromatic carboxylic acids is 1. The molecule has 2 aromatic rings. The molecule has 0 unspecified atom stereocenters. The normalized spacial score (nSPS) is 11.1. The molecule has 0 aliphatic rings. The van der Waals surface area contributed by atoms with Crippen molar-refractivity contribution in [1.29, 1.82) is 0 Å². The van der Waals surface area contributed by atoms with Gasteiger partial charge in [-0.25, -0.2) is 9.48 Å². The molecule has 0 saturated carbocycles. The Hall–Kier alpha value is -1.69. The molecule has 0 amide bonds. The molecular weight excluding hydrogens is 262 g/mol. The zero-order valence-corrected chi connectivity index (χ0v) is 11.9. The van der Waals surface area contributed by atoms with E-state index in [2.05, 4.69) is 35.6 Å². The Kier molecular flexibility index (Phi) is 4.31. The second-order valence-electron chi connectivity index (χ2n) is 4.89. The number of thiophene rings is 1. The predicted molar refractivity (Wildman–Crippen MR) is 73.5 cm³/mol. The van der Waals surface area contributed by atoms with Crippen LogP contribution in [0.15, 0.2) is 16.8 Å². The molecule has 0 spiro atoms. The molecular formula is C13H17N3O2S. The van der Waals surface area contributed by atoms with Crippen molar-refractivity contribution in [3.05, 3.63) is 33.8 Å². The van der Waals surface area contributed by atoms with E-state index in [1.165, 1.54) is 5.56 Å². The number of carboxylic acid groups (broad SMARTS) is 1. The van der Waals surface area contributed by atoms with E-state index in [1.807, 2.05) is 5.38 Å². The van der Waals surface area contributed by atoms with Crippen molar-refractivity contribution >= 4 is 17.3 Å². The van der Waals surface area contributed by atoms with Gasteiger partial charge in [0, 0.05) is 6.54 Å². The lowest BCUT2D eigenvalue weighted by Gasteiger charge is -2.08. The Morgan fingerprint density at radius 3 is 2.89 bits per heavy atom. The van der Waals surface area contributed by atoms with Crippen LogP contribution in [0.3, 0.4) is 0 Å². The number of aryl methyl sites for hydroxylation is 2. The van der Waals surface area contributed by atoms with Crippen LogP contribution in [0, 0.1) is 5.92 Å². The van der Waals surface area contributed by atoms with Crippen molar-refractivity contribution in [1.82, 2.24) is 15.0 Å². The predicted octanol–water partition coefficient (Wildman–Crippen LogP) is 2.48. The third-order valence-electron chi connectivity index (χ3n) is 2.83. The van der Waals surface area contributed by atoms with E-state index in [4.69, 9.17) is 5.11 Å². The van der Waals surface area contributed by atoms with Gasteiger partial charge in [0.05, 0.1) is 5.69 Å². The quantitative estimate of drug-likeness (QED) is 0.882. The van der Waals surface area contributed by atoms with Crippen LogP contribution in [0.2, 0.25) is 0 Å². The van der Waals surface area contributed by atoms with Crippen LogP contribution >= 0.6 is 11.3 Å². The van der Waals surface area contributed by atoms with Crippen LogP contribution in [0.1, 0.15) is 35.6 Å². The van der Waals surface area contributed by atoms with Crippen molar-refractivity contribution in [2.75, 3.05) is 0 Å². The lowest BCUT2D eigenvalue weighted by Crippen LogP contribution is -2.12. The molecule has 0 saturated heterocycles. The van der Waals surface area contributed by atoms with Crippen molar-refractivity contribution in [2.45, 2.75) is 33.2 Å². The van der Waals surface area contributed by atoms with Crippen LogP contribution in [0.25, 0.3) is 0 Å². The zero-order valence-electron chi connectivity index (χ0n) is 11.0. The number of carbonyl (C=O) groups is 1. The first-order chi connectivity index (χ1) is 9.08. The second-order valence-corrected chi connectivity index (χ2v) is 5.67. The maximum atomic E-state index is 11.1. The van der Waals surface area contributed by atoms with Crippen LogP contribution in [0.4, 0.5) is 0 Å². The topological polar surface area (TPSA) is 68.0 Å². The average Bonchev–Trinajstić information content (AvgIpc) is 2.94. The van der Waals surface area contributed by atoms with E-state index in [-0.39, 0.29) is 5.69 Å². The Bertz CT molecular complexity index is 546. The lowest BCUT2D eigenvalue weighted by atomic mass is 10.1. The van der Waals surface area contributed by atoms with Gasteiger partial charge in [0.15, 0.2) is 5.69 Å². The summed E-state index contributed by atoms with van der Waals surface area (Å²) < 4.78 is 1.72. The smallest absolute Gasteiger partial charge is 0.358 e. The SMILES string of the molecule is CC(C)Cc1c(C(=O)O)nnn1CCc1ccsc1. The van der Waals surface area contributed by atoms with Crippen LogP contribution in [-0.2, 0) is 19.4 Å². The van der Waals surface area contributed by atoms with E-state index in [0.717, 1.165) is 12.1 Å². The highest BCUT2D eigenvalue weighted by Crippen LogP contribution is 2.14. The number of carboxylic acids is 1. The van der Waals surface area contributed by atoms with Gasteiger partial charge < -0.3 is 5.11 Å². The third kappa shape index (κ3) is 3.41. The molecule has 0 aliphatic heterocycles. The molecule has 2 rings (SSSR count). The second kappa shape index (κ2) is 5.97. The van der Waals surface area contributed by atoms with E-state index < -0.39 is 5.97 Å². The fourth-order valence-corrected chi connectivity index (χ4v) is 2.64. The zero-order chi connectivity index (χ0) is 13.8. The van der Waals surface area contributed by atoms with Gasteiger partial charge in [0.1, 0.15) is 0 Å². The number of rotatable bonds is 6. The van der Waals surface area contributed by atoms with Gasteiger partial charge in [-0.2, -0.15) is 11.3 Å². The first-order valence-corrected chi connectivity index (χ1v) is 7.19. The Labute approximate surface area is 115 Å². The highest BCUT2D eigenvalue weighted by atomic mass is 32.1. The molecule has 1 N–H and O–H groups in total. The van der Waals surface area contributed by atoms with Crippen LogP contribution in [-0.4, -0.2) is 26.1 Å². The minimum Gasteiger partial charge on any atom is -0.476 e. The summed E-state index contributed by atoms with van der Waals surface area (Å²) in [6.45, 7) is 4.78. The molecule has 0 bridgehead atoms. The highest BCUT2D eigenvalue weighted by molar-refractivity contribution is 7.07. The summed E-state index contributed by atoms with van der Waals surface area (Å²) in [5, 5.41) is 21.0.